The van der Waals surface area contributed by atoms with Crippen molar-refractivity contribution in [2.24, 2.45) is 0 Å². The largest absolute Gasteiger partial charge is 1.00 e. The summed E-state index contributed by atoms with van der Waals surface area (Å²) in [5.74, 6) is 0. The van der Waals surface area contributed by atoms with Crippen LogP contribution in [0.2, 0.25) is 0 Å². The number of thiazole rings is 1. The third kappa shape index (κ3) is 3.41. The number of benzene rings is 1. The minimum Gasteiger partial charge on any atom is -0.731 e. The number of aryl methyl sites for hydroxylation is 1. The molecule has 1 heterocycles. The predicted octanol–water partition coefficient (Wildman–Crippen LogP) is -1.52. The molecule has 0 atom stereocenters. The van der Waals surface area contributed by atoms with E-state index >= 15 is 0 Å². The summed E-state index contributed by atoms with van der Waals surface area (Å²) in [7, 11) is -4.49. The maximum atomic E-state index is 10.4. The van der Waals surface area contributed by atoms with Crippen LogP contribution in [0.25, 0.3) is 10.2 Å². The molecule has 1 N–H and O–H groups in total. The molecule has 1 aromatic carbocycles. The third-order valence-corrected chi connectivity index (χ3v) is 3.26. The van der Waals surface area contributed by atoms with Crippen LogP contribution in [0.15, 0.2) is 18.2 Å². The van der Waals surface area contributed by atoms with E-state index in [1.165, 1.54) is 0 Å². The van der Waals surface area contributed by atoms with Gasteiger partial charge in [-0.15, -0.1) is 0 Å². The van der Waals surface area contributed by atoms with Gasteiger partial charge in [-0.1, -0.05) is 17.4 Å². The van der Waals surface area contributed by atoms with Crippen molar-refractivity contribution in [3.05, 3.63) is 23.8 Å². The summed E-state index contributed by atoms with van der Waals surface area (Å²) in [6, 6.07) is 5.54. The summed E-state index contributed by atoms with van der Waals surface area (Å²) >= 11 is 1.14. The Labute approximate surface area is 119 Å². The van der Waals surface area contributed by atoms with Crippen LogP contribution in [0.4, 0.5) is 5.13 Å². The Bertz CT molecular complexity index is 609. The molecule has 0 saturated heterocycles. The molecule has 0 aliphatic carbocycles. The minimum absolute atomic E-state index is 0. The number of fused-ring (bicyclic) bond motifs is 1. The van der Waals surface area contributed by atoms with E-state index in [-0.39, 0.29) is 34.7 Å². The van der Waals surface area contributed by atoms with E-state index in [1.54, 1.807) is 6.07 Å². The molecular weight excluding hydrogens is 259 g/mol. The SMILES string of the molecule is Cc1ccc2nc(NS(=O)(=O)[O-])sc2c1.[Na+]. The molecule has 1 aromatic heterocycles. The summed E-state index contributed by atoms with van der Waals surface area (Å²) in [5, 5.41) is 0.102. The maximum absolute atomic E-state index is 10.4. The average Bonchev–Trinajstić information content (AvgIpc) is 2.42. The van der Waals surface area contributed by atoms with Gasteiger partial charge in [-0.2, -0.15) is 0 Å². The number of nitrogens with one attached hydrogen (secondary N) is 1. The van der Waals surface area contributed by atoms with E-state index in [4.69, 9.17) is 0 Å². The first-order chi connectivity index (χ1) is 6.94. The van der Waals surface area contributed by atoms with Crippen molar-refractivity contribution in [1.29, 1.82) is 0 Å². The fraction of sp³-hybridized carbons (Fsp3) is 0.125. The molecule has 2 rings (SSSR count). The maximum Gasteiger partial charge on any atom is 1.00 e. The Kier molecular flexibility index (Phi) is 4.33. The molecule has 0 unspecified atom stereocenters. The van der Waals surface area contributed by atoms with E-state index < -0.39 is 10.3 Å². The van der Waals surface area contributed by atoms with Gasteiger partial charge < -0.3 is 4.55 Å². The van der Waals surface area contributed by atoms with E-state index in [0.29, 0.717) is 5.52 Å². The van der Waals surface area contributed by atoms with Crippen molar-refractivity contribution in [3.63, 3.8) is 0 Å². The average molecular weight is 266 g/mol. The van der Waals surface area contributed by atoms with Crippen LogP contribution in [0.5, 0.6) is 0 Å². The first-order valence-corrected chi connectivity index (χ1v) is 6.27. The molecule has 0 aliphatic rings. The topological polar surface area (TPSA) is 82.1 Å². The van der Waals surface area contributed by atoms with Gasteiger partial charge in [0.25, 0.3) is 0 Å². The number of anilines is 1. The Hall–Kier alpha value is -0.180. The first kappa shape index (κ1) is 13.9. The zero-order chi connectivity index (χ0) is 11.1. The van der Waals surface area contributed by atoms with Gasteiger partial charge in [0.15, 0.2) is 15.4 Å². The van der Waals surface area contributed by atoms with Crippen molar-refractivity contribution >= 4 is 37.0 Å². The second-order valence-corrected chi connectivity index (χ2v) is 5.19. The van der Waals surface area contributed by atoms with Gasteiger partial charge in [0, 0.05) is 0 Å². The van der Waals surface area contributed by atoms with Gasteiger partial charge in [-0.05, 0) is 24.6 Å². The molecule has 0 aliphatic heterocycles. The second-order valence-electron chi connectivity index (χ2n) is 3.05. The zero-order valence-corrected chi connectivity index (χ0v) is 12.4. The molecule has 5 nitrogen and oxygen atoms in total. The van der Waals surface area contributed by atoms with Crippen molar-refractivity contribution < 1.29 is 42.5 Å². The van der Waals surface area contributed by atoms with Crippen molar-refractivity contribution in [3.8, 4) is 0 Å². The molecule has 0 fully saturated rings. The second kappa shape index (κ2) is 4.99. The standard InChI is InChI=1S/C8H8N2O3S2.Na/c1-5-2-3-6-7(4-5)14-8(9-6)10-15(11,12)13;/h2-4H,1H3,(H,9,10)(H,11,12,13);/q;+1/p-1. The van der Waals surface area contributed by atoms with Crippen molar-refractivity contribution in [2.45, 2.75) is 6.92 Å². The molecule has 0 saturated carbocycles. The molecule has 0 radical (unpaired) electrons. The minimum atomic E-state index is -4.49. The molecule has 8 heteroatoms. The van der Waals surface area contributed by atoms with E-state index in [2.05, 4.69) is 4.98 Å². The van der Waals surface area contributed by atoms with Crippen LogP contribution in [0.3, 0.4) is 0 Å². The van der Waals surface area contributed by atoms with E-state index in [0.717, 1.165) is 21.6 Å². The summed E-state index contributed by atoms with van der Waals surface area (Å²) in [5.41, 5.74) is 1.74. The third-order valence-electron chi connectivity index (χ3n) is 1.76. The van der Waals surface area contributed by atoms with Crippen LogP contribution in [0.1, 0.15) is 5.56 Å². The van der Waals surface area contributed by atoms with Crippen LogP contribution in [0, 0.1) is 6.92 Å². The van der Waals surface area contributed by atoms with Gasteiger partial charge in [0.2, 0.25) is 0 Å². The van der Waals surface area contributed by atoms with Crippen LogP contribution in [-0.4, -0.2) is 18.0 Å². The van der Waals surface area contributed by atoms with Crippen LogP contribution >= 0.6 is 11.3 Å². The van der Waals surface area contributed by atoms with E-state index in [9.17, 15) is 13.0 Å². The molecule has 16 heavy (non-hydrogen) atoms. The predicted molar refractivity (Wildman–Crippen MR) is 57.7 cm³/mol. The molecule has 80 valence electrons. The van der Waals surface area contributed by atoms with Crippen LogP contribution < -0.4 is 34.3 Å². The Balaban J connectivity index is 0.00000128. The van der Waals surface area contributed by atoms with Gasteiger partial charge >= 0.3 is 29.6 Å². The fourth-order valence-electron chi connectivity index (χ4n) is 1.18. The molecule has 0 spiro atoms. The first-order valence-electron chi connectivity index (χ1n) is 4.05. The fourth-order valence-corrected chi connectivity index (χ4v) is 2.73. The smallest absolute Gasteiger partial charge is 0.731 e. The van der Waals surface area contributed by atoms with Gasteiger partial charge in [0.1, 0.15) is 0 Å². The Morgan fingerprint density at radius 1 is 1.44 bits per heavy atom. The van der Waals surface area contributed by atoms with Gasteiger partial charge in [-0.25, -0.2) is 13.4 Å². The zero-order valence-electron chi connectivity index (χ0n) is 8.72. The number of nitrogens with zero attached hydrogens (tertiary/aromatic N) is 1. The van der Waals surface area contributed by atoms with Crippen LogP contribution in [-0.2, 0) is 10.3 Å². The normalized spacial score (nSPS) is 11.1. The van der Waals surface area contributed by atoms with Gasteiger partial charge in [-0.3, -0.25) is 4.72 Å². The Morgan fingerprint density at radius 3 is 2.75 bits per heavy atom. The molecule has 0 amide bonds. The number of rotatable bonds is 2. The summed E-state index contributed by atoms with van der Waals surface area (Å²) in [4.78, 5) is 3.97. The Morgan fingerprint density at radius 2 is 2.12 bits per heavy atom. The van der Waals surface area contributed by atoms with Gasteiger partial charge in [0.05, 0.1) is 10.2 Å². The number of hydrogen-bond donors (Lipinski definition) is 1. The van der Waals surface area contributed by atoms with Crippen molar-refractivity contribution in [1.82, 2.24) is 4.98 Å². The molecular formula is C8H7N2NaO3S2. The summed E-state index contributed by atoms with van der Waals surface area (Å²) < 4.78 is 34.0. The summed E-state index contributed by atoms with van der Waals surface area (Å²) in [6.07, 6.45) is 0. The monoisotopic (exact) mass is 266 g/mol. The molecule has 2 aromatic rings. The van der Waals surface area contributed by atoms with E-state index in [1.807, 2.05) is 23.8 Å². The number of aromatic nitrogens is 1. The quantitative estimate of drug-likeness (QED) is 0.529. The molecule has 0 bridgehead atoms. The van der Waals surface area contributed by atoms with Crippen molar-refractivity contribution in [2.75, 3.05) is 4.72 Å². The summed E-state index contributed by atoms with van der Waals surface area (Å²) in [6.45, 7) is 1.93. The number of hydrogen-bond acceptors (Lipinski definition) is 5.